The van der Waals surface area contributed by atoms with Gasteiger partial charge in [-0.25, -0.2) is 8.42 Å². The highest BCUT2D eigenvalue weighted by Crippen LogP contribution is 2.39. The maximum Gasteiger partial charge on any atom is 0.265 e. The first-order valence-corrected chi connectivity index (χ1v) is 17.9. The SMILES string of the molecule is Cc1cc(S(=O)(=O)N2c3ccccc3NC(=O)[C@H]2CC(=O)N[C@H](CC2CCN(C3CC3)CC2)C(=O)N2CCCC2)c(C)cc1Cl. The van der Waals surface area contributed by atoms with Gasteiger partial charge in [0.25, 0.3) is 10.0 Å². The first-order chi connectivity index (χ1) is 21.5. The molecule has 6 rings (SSSR count). The zero-order valence-electron chi connectivity index (χ0n) is 25.9. The molecule has 2 saturated heterocycles. The molecule has 45 heavy (non-hydrogen) atoms. The van der Waals surface area contributed by atoms with Crippen molar-refractivity contribution in [1.29, 1.82) is 0 Å². The van der Waals surface area contributed by atoms with Crippen molar-refractivity contribution in [2.24, 2.45) is 5.92 Å². The van der Waals surface area contributed by atoms with Crippen LogP contribution in [0.25, 0.3) is 0 Å². The van der Waals surface area contributed by atoms with Gasteiger partial charge in [-0.1, -0.05) is 23.7 Å². The van der Waals surface area contributed by atoms with Crippen molar-refractivity contribution in [3.8, 4) is 0 Å². The van der Waals surface area contributed by atoms with Gasteiger partial charge in [0.2, 0.25) is 17.7 Å². The largest absolute Gasteiger partial charge is 0.344 e. The van der Waals surface area contributed by atoms with E-state index in [1.54, 1.807) is 44.2 Å². The number of nitrogens with one attached hydrogen (secondary N) is 2. The van der Waals surface area contributed by atoms with E-state index in [0.29, 0.717) is 53.3 Å². The van der Waals surface area contributed by atoms with Crippen molar-refractivity contribution in [3.63, 3.8) is 0 Å². The molecule has 12 heteroatoms. The Morgan fingerprint density at radius 1 is 1.00 bits per heavy atom. The van der Waals surface area contributed by atoms with Crippen LogP contribution in [-0.4, -0.2) is 80.2 Å². The minimum Gasteiger partial charge on any atom is -0.344 e. The Hall–Kier alpha value is -3.15. The van der Waals surface area contributed by atoms with E-state index in [1.807, 2.05) is 4.90 Å². The van der Waals surface area contributed by atoms with Crippen molar-refractivity contribution in [1.82, 2.24) is 15.1 Å². The monoisotopic (exact) mass is 655 g/mol. The van der Waals surface area contributed by atoms with E-state index < -0.39 is 40.3 Å². The van der Waals surface area contributed by atoms with E-state index in [2.05, 4.69) is 15.5 Å². The van der Waals surface area contributed by atoms with Crippen LogP contribution in [0.5, 0.6) is 0 Å². The molecule has 0 aromatic heterocycles. The lowest BCUT2D eigenvalue weighted by Gasteiger charge is -2.37. The van der Waals surface area contributed by atoms with E-state index >= 15 is 0 Å². The summed E-state index contributed by atoms with van der Waals surface area (Å²) in [7, 11) is -4.31. The number of halogens is 1. The Kier molecular flexibility index (Phi) is 9.14. The summed E-state index contributed by atoms with van der Waals surface area (Å²) < 4.78 is 29.7. The van der Waals surface area contributed by atoms with Crippen LogP contribution >= 0.6 is 11.6 Å². The lowest BCUT2D eigenvalue weighted by atomic mass is 9.89. The van der Waals surface area contributed by atoms with Gasteiger partial charge in [-0.15, -0.1) is 0 Å². The number of amides is 3. The van der Waals surface area contributed by atoms with Gasteiger partial charge in [-0.05, 0) is 113 Å². The lowest BCUT2D eigenvalue weighted by molar-refractivity contribution is -0.136. The minimum atomic E-state index is -4.31. The molecule has 242 valence electrons. The van der Waals surface area contributed by atoms with Crippen LogP contribution in [0.4, 0.5) is 11.4 Å². The number of para-hydroxylation sites is 2. The number of sulfonamides is 1. The molecular weight excluding hydrogens is 614 g/mol. The summed E-state index contributed by atoms with van der Waals surface area (Å²) >= 11 is 6.28. The van der Waals surface area contributed by atoms with Crippen LogP contribution < -0.4 is 14.9 Å². The highest BCUT2D eigenvalue weighted by Gasteiger charge is 2.43. The Labute approximate surface area is 270 Å². The van der Waals surface area contributed by atoms with Crippen LogP contribution in [0.2, 0.25) is 5.02 Å². The molecule has 3 heterocycles. The summed E-state index contributed by atoms with van der Waals surface area (Å²) in [6, 6.07) is 8.35. The van der Waals surface area contributed by atoms with E-state index in [1.165, 1.54) is 18.9 Å². The summed E-state index contributed by atoms with van der Waals surface area (Å²) in [6.45, 7) is 6.71. The van der Waals surface area contributed by atoms with Crippen LogP contribution in [0.1, 0.15) is 62.5 Å². The van der Waals surface area contributed by atoms with E-state index in [9.17, 15) is 22.8 Å². The number of hydrogen-bond acceptors (Lipinski definition) is 6. The van der Waals surface area contributed by atoms with Gasteiger partial charge < -0.3 is 20.4 Å². The van der Waals surface area contributed by atoms with Crippen molar-refractivity contribution in [2.75, 3.05) is 35.8 Å². The molecule has 0 radical (unpaired) electrons. The molecule has 0 spiro atoms. The Balaban J connectivity index is 1.25. The van der Waals surface area contributed by atoms with Crippen LogP contribution in [0.15, 0.2) is 41.3 Å². The summed E-state index contributed by atoms with van der Waals surface area (Å²) in [6.07, 6.45) is 6.45. The minimum absolute atomic E-state index is 0.0129. The fourth-order valence-electron chi connectivity index (χ4n) is 7.01. The van der Waals surface area contributed by atoms with Gasteiger partial charge in [0.15, 0.2) is 0 Å². The van der Waals surface area contributed by atoms with Crippen molar-refractivity contribution >= 4 is 50.7 Å². The van der Waals surface area contributed by atoms with Crippen LogP contribution in [-0.2, 0) is 24.4 Å². The number of benzene rings is 2. The third-order valence-electron chi connectivity index (χ3n) is 9.69. The number of carbonyl (C=O) groups excluding carboxylic acids is 3. The number of likely N-dealkylation sites (tertiary alicyclic amines) is 2. The molecule has 0 bridgehead atoms. The van der Waals surface area contributed by atoms with Gasteiger partial charge in [0.1, 0.15) is 12.1 Å². The number of nitrogens with zero attached hydrogens (tertiary/aromatic N) is 3. The fraction of sp³-hybridized carbons (Fsp3) is 0.545. The summed E-state index contributed by atoms with van der Waals surface area (Å²) in [5.41, 5.74) is 1.62. The van der Waals surface area contributed by atoms with Crippen molar-refractivity contribution in [2.45, 2.75) is 88.2 Å². The number of anilines is 2. The summed E-state index contributed by atoms with van der Waals surface area (Å²) in [5.74, 6) is -0.937. The second kappa shape index (κ2) is 12.9. The first kappa shape index (κ1) is 31.8. The molecule has 2 aromatic rings. The number of piperidine rings is 1. The predicted molar refractivity (Wildman–Crippen MR) is 174 cm³/mol. The molecule has 2 N–H and O–H groups in total. The van der Waals surface area contributed by atoms with Crippen molar-refractivity contribution in [3.05, 3.63) is 52.5 Å². The molecule has 10 nitrogen and oxygen atoms in total. The molecule has 3 amide bonds. The van der Waals surface area contributed by atoms with E-state index in [0.717, 1.165) is 43.1 Å². The average molecular weight is 656 g/mol. The van der Waals surface area contributed by atoms with Crippen molar-refractivity contribution < 1.29 is 22.8 Å². The zero-order chi connectivity index (χ0) is 31.9. The molecule has 1 aliphatic carbocycles. The highest BCUT2D eigenvalue weighted by atomic mass is 35.5. The average Bonchev–Trinajstić information content (AvgIpc) is 3.71. The number of rotatable bonds is 9. The zero-order valence-corrected chi connectivity index (χ0v) is 27.5. The number of hydrogen-bond donors (Lipinski definition) is 2. The van der Waals surface area contributed by atoms with Gasteiger partial charge >= 0.3 is 0 Å². The van der Waals surface area contributed by atoms with Gasteiger partial charge in [-0.2, -0.15) is 0 Å². The summed E-state index contributed by atoms with van der Waals surface area (Å²) in [4.78, 5) is 45.3. The summed E-state index contributed by atoms with van der Waals surface area (Å²) in [5, 5.41) is 6.18. The second-order valence-electron chi connectivity index (χ2n) is 13.0. The Bertz CT molecular complexity index is 1580. The molecule has 2 aromatic carbocycles. The molecule has 1 saturated carbocycles. The Morgan fingerprint density at radius 2 is 1.69 bits per heavy atom. The second-order valence-corrected chi connectivity index (χ2v) is 15.2. The van der Waals surface area contributed by atoms with Gasteiger partial charge in [-0.3, -0.25) is 18.7 Å². The van der Waals surface area contributed by atoms with Crippen LogP contribution in [0.3, 0.4) is 0 Å². The maximum absolute atomic E-state index is 14.3. The predicted octanol–water partition coefficient (Wildman–Crippen LogP) is 4.23. The first-order valence-electron chi connectivity index (χ1n) is 16.1. The molecule has 2 atom stereocenters. The fourth-order valence-corrected chi connectivity index (χ4v) is 9.15. The number of aryl methyl sites for hydroxylation is 2. The number of carbonyl (C=O) groups is 3. The standard InChI is InChI=1S/C33H42ClN5O5S/c1-21-18-30(22(2)17-25(21)34)45(43,44)39-28-8-4-3-7-26(28)36-32(41)29(39)20-31(40)35-27(33(42)38-13-5-6-14-38)19-23-11-15-37(16-12-23)24-9-10-24/h3-4,7-8,17-18,23-24,27,29H,5-6,9-16,19-20H2,1-2H3,(H,35,40)(H,36,41)/t27-,29-/m1/s1. The van der Waals surface area contributed by atoms with E-state index in [4.69, 9.17) is 11.6 Å². The number of fused-ring (bicyclic) bond motifs is 1. The molecule has 3 fully saturated rings. The molecule has 4 aliphatic rings. The third-order valence-corrected chi connectivity index (χ3v) is 12.1. The topological polar surface area (TPSA) is 119 Å². The highest BCUT2D eigenvalue weighted by molar-refractivity contribution is 7.93. The quantitative estimate of drug-likeness (QED) is 0.417. The smallest absolute Gasteiger partial charge is 0.265 e. The van der Waals surface area contributed by atoms with Gasteiger partial charge in [0.05, 0.1) is 22.7 Å². The maximum atomic E-state index is 14.3. The molecule has 3 aliphatic heterocycles. The Morgan fingerprint density at radius 3 is 2.38 bits per heavy atom. The lowest BCUT2D eigenvalue weighted by Crippen LogP contribution is -2.55. The normalized spacial score (nSPS) is 21.8. The van der Waals surface area contributed by atoms with E-state index in [-0.39, 0.29) is 16.5 Å². The molecule has 0 unspecified atom stereocenters. The third kappa shape index (κ3) is 6.71. The molecular formula is C33H42ClN5O5S. The van der Waals surface area contributed by atoms with Gasteiger partial charge in [0, 0.05) is 24.2 Å². The van der Waals surface area contributed by atoms with Crippen LogP contribution in [0, 0.1) is 19.8 Å².